The lowest BCUT2D eigenvalue weighted by atomic mass is 10.1. The van der Waals surface area contributed by atoms with Crippen molar-refractivity contribution in [2.24, 2.45) is 0 Å². The van der Waals surface area contributed by atoms with Crippen LogP contribution >= 0.6 is 0 Å². The minimum absolute atomic E-state index is 0.570. The van der Waals surface area contributed by atoms with Crippen LogP contribution in [-0.4, -0.2) is 28.7 Å². The summed E-state index contributed by atoms with van der Waals surface area (Å²) >= 11 is 0. The van der Waals surface area contributed by atoms with Crippen molar-refractivity contribution in [2.45, 2.75) is 20.8 Å². The second-order valence-corrected chi connectivity index (χ2v) is 12.9. The van der Waals surface area contributed by atoms with Gasteiger partial charge < -0.3 is 0 Å². The van der Waals surface area contributed by atoms with Crippen LogP contribution < -0.4 is 0 Å². The van der Waals surface area contributed by atoms with Crippen LogP contribution in [0.15, 0.2) is 127 Å². The molecule has 228 valence electrons. The average molecular weight is 619 g/mol. The van der Waals surface area contributed by atoms with Gasteiger partial charge in [0, 0.05) is 32.3 Å². The highest BCUT2D eigenvalue weighted by Crippen LogP contribution is 2.36. The van der Waals surface area contributed by atoms with Gasteiger partial charge in [-0.2, -0.15) is 15.0 Å². The summed E-state index contributed by atoms with van der Waals surface area (Å²) in [5.41, 5.74) is 9.96. The van der Waals surface area contributed by atoms with Crippen molar-refractivity contribution in [3.8, 4) is 17.8 Å². The number of aromatic nitrogens is 6. The summed E-state index contributed by atoms with van der Waals surface area (Å²) in [4.78, 5) is 16.0. The summed E-state index contributed by atoms with van der Waals surface area (Å²) in [7, 11) is 0. The Bertz CT molecular complexity index is 2610. The molecule has 0 N–H and O–H groups in total. The van der Waals surface area contributed by atoms with Crippen molar-refractivity contribution in [1.29, 1.82) is 0 Å². The zero-order valence-electron chi connectivity index (χ0n) is 26.8. The summed E-state index contributed by atoms with van der Waals surface area (Å²) in [5.74, 6) is 1.71. The van der Waals surface area contributed by atoms with E-state index in [1.807, 2.05) is 0 Å². The van der Waals surface area contributed by atoms with Gasteiger partial charge in [0.15, 0.2) is 0 Å². The number of para-hydroxylation sites is 3. The Labute approximate surface area is 276 Å². The Kier molecular flexibility index (Phi) is 5.53. The zero-order valence-corrected chi connectivity index (χ0v) is 26.8. The molecule has 0 aliphatic heterocycles. The molecule has 6 aromatic carbocycles. The van der Waals surface area contributed by atoms with Crippen molar-refractivity contribution in [1.82, 2.24) is 28.7 Å². The normalized spacial score (nSPS) is 12.1. The molecule has 4 heterocycles. The highest BCUT2D eigenvalue weighted by molar-refractivity contribution is 6.11. The van der Waals surface area contributed by atoms with Crippen molar-refractivity contribution in [3.05, 3.63) is 144 Å². The first-order valence-electron chi connectivity index (χ1n) is 16.3. The quantitative estimate of drug-likeness (QED) is 0.198. The second kappa shape index (κ2) is 9.86. The lowest BCUT2D eigenvalue weighted by Crippen LogP contribution is -2.13. The van der Waals surface area contributed by atoms with Crippen LogP contribution in [-0.2, 0) is 0 Å². The van der Waals surface area contributed by atoms with Crippen LogP contribution in [0, 0.1) is 20.8 Å². The fourth-order valence-electron chi connectivity index (χ4n) is 7.55. The van der Waals surface area contributed by atoms with Crippen molar-refractivity contribution < 1.29 is 0 Å². The second-order valence-electron chi connectivity index (χ2n) is 12.9. The van der Waals surface area contributed by atoms with Gasteiger partial charge in [0.2, 0.25) is 17.8 Å². The first kappa shape index (κ1) is 26.9. The van der Waals surface area contributed by atoms with E-state index in [1.165, 1.54) is 49.0 Å². The van der Waals surface area contributed by atoms with Gasteiger partial charge in [-0.1, -0.05) is 89.5 Å². The fourth-order valence-corrected chi connectivity index (χ4v) is 7.55. The summed E-state index contributed by atoms with van der Waals surface area (Å²) in [5, 5.41) is 7.02. The van der Waals surface area contributed by atoms with E-state index in [0.717, 1.165) is 33.1 Å². The van der Waals surface area contributed by atoms with E-state index in [9.17, 15) is 0 Å². The van der Waals surface area contributed by atoms with Crippen LogP contribution in [0.2, 0.25) is 0 Å². The van der Waals surface area contributed by atoms with Crippen LogP contribution in [0.1, 0.15) is 16.7 Å². The molecule has 10 rings (SSSR count). The van der Waals surface area contributed by atoms with E-state index in [-0.39, 0.29) is 0 Å². The molecule has 10 aromatic rings. The third-order valence-electron chi connectivity index (χ3n) is 9.68. The van der Waals surface area contributed by atoms with E-state index < -0.39 is 0 Å². The molecule has 6 heteroatoms. The highest BCUT2D eigenvalue weighted by Gasteiger charge is 2.22. The lowest BCUT2D eigenvalue weighted by molar-refractivity contribution is 0.848. The van der Waals surface area contributed by atoms with E-state index in [1.54, 1.807) is 0 Å². The van der Waals surface area contributed by atoms with Gasteiger partial charge in [-0.3, -0.25) is 13.7 Å². The smallest absolute Gasteiger partial charge is 0.241 e. The standard InChI is InChI=1S/C42H30N6/c1-25-16-19-37-31(22-25)28-10-4-7-13-34(28)46(37)40-43-41(47-35-14-8-5-11-29(35)32-23-26(2)17-20-38(32)47)45-42(44-40)48-36-15-9-6-12-30(36)33-24-27(3)18-21-39(33)48/h4-24H,1-3H3. The maximum Gasteiger partial charge on any atom is 0.241 e. The monoisotopic (exact) mass is 618 g/mol. The van der Waals surface area contributed by atoms with E-state index >= 15 is 0 Å². The van der Waals surface area contributed by atoms with Crippen LogP contribution in [0.3, 0.4) is 0 Å². The molecule has 0 saturated heterocycles. The van der Waals surface area contributed by atoms with Crippen molar-refractivity contribution >= 4 is 65.4 Å². The minimum atomic E-state index is 0.570. The summed E-state index contributed by atoms with van der Waals surface area (Å²) in [6.07, 6.45) is 0. The molecule has 0 bridgehead atoms. The zero-order chi connectivity index (χ0) is 32.1. The molecule has 0 aliphatic carbocycles. The van der Waals surface area contributed by atoms with Gasteiger partial charge in [0.1, 0.15) is 0 Å². The molecule has 0 aliphatic rings. The molecule has 4 aromatic heterocycles. The molecule has 0 saturated carbocycles. The lowest BCUT2D eigenvalue weighted by Gasteiger charge is -2.14. The Morgan fingerprint density at radius 3 is 0.896 bits per heavy atom. The Morgan fingerprint density at radius 1 is 0.312 bits per heavy atom. The average Bonchev–Trinajstić information content (AvgIpc) is 3.73. The number of benzene rings is 6. The van der Waals surface area contributed by atoms with Gasteiger partial charge in [0.05, 0.1) is 33.1 Å². The third kappa shape index (κ3) is 3.77. The van der Waals surface area contributed by atoms with Gasteiger partial charge in [-0.05, 0) is 75.4 Å². The summed E-state index contributed by atoms with van der Waals surface area (Å²) in [6, 6.07) is 45.3. The maximum atomic E-state index is 5.34. The molecule has 6 nitrogen and oxygen atoms in total. The highest BCUT2D eigenvalue weighted by atomic mass is 15.3. The Morgan fingerprint density at radius 2 is 0.583 bits per heavy atom. The van der Waals surface area contributed by atoms with Crippen LogP contribution in [0.5, 0.6) is 0 Å². The number of rotatable bonds is 3. The van der Waals surface area contributed by atoms with Crippen molar-refractivity contribution in [3.63, 3.8) is 0 Å². The Balaban J connectivity index is 1.38. The first-order chi connectivity index (χ1) is 23.5. The number of nitrogens with zero attached hydrogens (tertiary/aromatic N) is 6. The SMILES string of the molecule is Cc1ccc2c(c1)c1ccccc1n2-c1nc(-n2c3ccccc3c3cc(C)ccc32)nc(-n2c3ccccc3c3cc(C)ccc32)n1. The van der Waals surface area contributed by atoms with Crippen LogP contribution in [0.4, 0.5) is 0 Å². The number of fused-ring (bicyclic) bond motifs is 9. The van der Waals surface area contributed by atoms with Crippen molar-refractivity contribution in [2.75, 3.05) is 0 Å². The number of hydrogen-bond acceptors (Lipinski definition) is 3. The molecule has 0 atom stereocenters. The molecule has 0 amide bonds. The molecule has 0 unspecified atom stereocenters. The number of aryl methyl sites for hydroxylation is 3. The Hall–Kier alpha value is -6.27. The van der Waals surface area contributed by atoms with E-state index in [2.05, 4.69) is 162 Å². The molecular weight excluding hydrogens is 589 g/mol. The fraction of sp³-hybridized carbons (Fsp3) is 0.0714. The maximum absolute atomic E-state index is 5.34. The summed E-state index contributed by atoms with van der Waals surface area (Å²) < 4.78 is 6.57. The molecular formula is C42H30N6. The van der Waals surface area contributed by atoms with E-state index in [0.29, 0.717) is 17.8 Å². The summed E-state index contributed by atoms with van der Waals surface area (Å²) in [6.45, 7) is 6.41. The van der Waals surface area contributed by atoms with Gasteiger partial charge in [-0.25, -0.2) is 0 Å². The van der Waals surface area contributed by atoms with Gasteiger partial charge >= 0.3 is 0 Å². The van der Waals surface area contributed by atoms with E-state index in [4.69, 9.17) is 15.0 Å². The molecule has 0 radical (unpaired) electrons. The predicted octanol–water partition coefficient (Wildman–Crippen LogP) is 10.1. The molecule has 48 heavy (non-hydrogen) atoms. The topological polar surface area (TPSA) is 53.5 Å². The van der Waals surface area contributed by atoms with Crippen LogP contribution in [0.25, 0.3) is 83.3 Å². The predicted molar refractivity (Wildman–Crippen MR) is 197 cm³/mol. The number of hydrogen-bond donors (Lipinski definition) is 0. The first-order valence-corrected chi connectivity index (χ1v) is 16.3. The minimum Gasteiger partial charge on any atom is -0.278 e. The molecule has 0 fully saturated rings. The largest absolute Gasteiger partial charge is 0.278 e. The van der Waals surface area contributed by atoms with Gasteiger partial charge in [-0.15, -0.1) is 0 Å². The third-order valence-corrected chi connectivity index (χ3v) is 9.68. The van der Waals surface area contributed by atoms with Gasteiger partial charge in [0.25, 0.3) is 0 Å². The molecule has 0 spiro atoms.